The third kappa shape index (κ3) is 2.92. The Bertz CT molecular complexity index is 653. The third-order valence-corrected chi connectivity index (χ3v) is 4.14. The van der Waals surface area contributed by atoms with E-state index in [1.807, 2.05) is 36.1 Å². The van der Waals surface area contributed by atoms with Crippen molar-refractivity contribution in [2.45, 2.75) is 26.3 Å². The van der Waals surface area contributed by atoms with Crippen LogP contribution in [0.3, 0.4) is 0 Å². The Kier molecular flexibility index (Phi) is 4.59. The molecule has 0 bridgehead atoms. The molecule has 1 amide bonds. The maximum absolute atomic E-state index is 12.6. The smallest absolute Gasteiger partial charge is 0.289 e. The van der Waals surface area contributed by atoms with E-state index >= 15 is 0 Å². The molecule has 1 aliphatic rings. The number of amides is 1. The molecule has 0 spiro atoms. The molecule has 2 atom stereocenters. The number of furan rings is 1. The second-order valence-corrected chi connectivity index (χ2v) is 5.80. The Hall–Kier alpha value is -1.52. The normalized spacial score (nSPS) is 21.6. The van der Waals surface area contributed by atoms with E-state index in [0.717, 1.165) is 29.5 Å². The lowest BCUT2D eigenvalue weighted by molar-refractivity contribution is 0.0713. The molecule has 1 aromatic carbocycles. The van der Waals surface area contributed by atoms with E-state index in [2.05, 4.69) is 6.92 Å². The first-order valence-electron chi connectivity index (χ1n) is 7.09. The predicted molar refractivity (Wildman–Crippen MR) is 85.9 cm³/mol. The van der Waals surface area contributed by atoms with Gasteiger partial charge in [0.25, 0.3) is 5.91 Å². The number of hydrogen-bond acceptors (Lipinski definition) is 3. The van der Waals surface area contributed by atoms with Crippen molar-refractivity contribution in [1.29, 1.82) is 0 Å². The van der Waals surface area contributed by atoms with Crippen LogP contribution in [0.5, 0.6) is 0 Å². The van der Waals surface area contributed by atoms with Crippen molar-refractivity contribution < 1.29 is 9.21 Å². The third-order valence-electron chi connectivity index (χ3n) is 4.14. The number of fused-ring (bicyclic) bond motifs is 1. The quantitative estimate of drug-likeness (QED) is 0.928. The highest BCUT2D eigenvalue weighted by molar-refractivity contribution is 5.96. The van der Waals surface area contributed by atoms with Crippen molar-refractivity contribution in [3.63, 3.8) is 0 Å². The lowest BCUT2D eigenvalue weighted by Gasteiger charge is -2.19. The van der Waals surface area contributed by atoms with Crippen LogP contribution in [0, 0.1) is 12.8 Å². The van der Waals surface area contributed by atoms with Crippen LogP contribution in [-0.2, 0) is 0 Å². The average molecular weight is 309 g/mol. The zero-order valence-electron chi connectivity index (χ0n) is 12.3. The monoisotopic (exact) mass is 308 g/mol. The molecule has 21 heavy (non-hydrogen) atoms. The van der Waals surface area contributed by atoms with E-state index < -0.39 is 0 Å². The molecular weight excluding hydrogens is 288 g/mol. The first kappa shape index (κ1) is 15.9. The number of carbonyl (C=O) groups is 1. The van der Waals surface area contributed by atoms with Gasteiger partial charge >= 0.3 is 0 Å². The minimum absolute atomic E-state index is 0. The standard InChI is InChI=1S/C16H20N2O2.ClH/c1-10-3-4-14-13(5-10)7-15(20-14)16(19)18-9-12(8-17)6-11(18)2;/h3-5,7,11-12H,6,8-9,17H2,1-2H3;1H. The number of hydrogen-bond donors (Lipinski definition) is 1. The van der Waals surface area contributed by atoms with Gasteiger partial charge in [-0.05, 0) is 50.9 Å². The van der Waals surface area contributed by atoms with Crippen molar-refractivity contribution >= 4 is 29.3 Å². The molecule has 0 radical (unpaired) electrons. The van der Waals surface area contributed by atoms with Crippen molar-refractivity contribution in [3.05, 3.63) is 35.6 Å². The molecule has 3 rings (SSSR count). The van der Waals surface area contributed by atoms with Crippen molar-refractivity contribution in [2.24, 2.45) is 11.7 Å². The number of halogens is 1. The average Bonchev–Trinajstić information content (AvgIpc) is 3.00. The molecule has 1 aliphatic heterocycles. The van der Waals surface area contributed by atoms with E-state index in [9.17, 15) is 4.79 Å². The minimum atomic E-state index is -0.0256. The molecule has 0 saturated carbocycles. The second kappa shape index (κ2) is 6.08. The summed E-state index contributed by atoms with van der Waals surface area (Å²) in [5.74, 6) is 0.804. The molecule has 2 unspecified atom stereocenters. The molecule has 1 fully saturated rings. The number of nitrogens with two attached hydrogens (primary N) is 1. The fourth-order valence-electron chi connectivity index (χ4n) is 3.01. The molecule has 0 aliphatic carbocycles. The molecule has 2 aromatic rings. The molecule has 1 saturated heterocycles. The summed E-state index contributed by atoms with van der Waals surface area (Å²) < 4.78 is 5.69. The first-order valence-corrected chi connectivity index (χ1v) is 7.09. The molecule has 4 nitrogen and oxygen atoms in total. The summed E-state index contributed by atoms with van der Waals surface area (Å²) in [6.07, 6.45) is 0.974. The largest absolute Gasteiger partial charge is 0.451 e. The number of nitrogens with zero attached hydrogens (tertiary/aromatic N) is 1. The van der Waals surface area contributed by atoms with Gasteiger partial charge in [-0.3, -0.25) is 4.79 Å². The van der Waals surface area contributed by atoms with Gasteiger partial charge in [0, 0.05) is 18.0 Å². The SMILES string of the molecule is Cc1ccc2oc(C(=O)N3CC(CN)CC3C)cc2c1.Cl. The highest BCUT2D eigenvalue weighted by Gasteiger charge is 2.33. The van der Waals surface area contributed by atoms with Crippen LogP contribution in [0.4, 0.5) is 0 Å². The van der Waals surface area contributed by atoms with Crippen LogP contribution in [0.2, 0.25) is 0 Å². The van der Waals surface area contributed by atoms with Crippen molar-refractivity contribution in [1.82, 2.24) is 4.90 Å². The lowest BCUT2D eigenvalue weighted by Crippen LogP contribution is -2.34. The van der Waals surface area contributed by atoms with E-state index in [0.29, 0.717) is 18.2 Å². The lowest BCUT2D eigenvalue weighted by atomic mass is 10.1. The Morgan fingerprint density at radius 3 is 2.86 bits per heavy atom. The number of rotatable bonds is 2. The number of benzene rings is 1. The number of carbonyl (C=O) groups excluding carboxylic acids is 1. The molecule has 2 N–H and O–H groups in total. The molecule has 114 valence electrons. The topological polar surface area (TPSA) is 59.5 Å². The summed E-state index contributed by atoms with van der Waals surface area (Å²) in [5.41, 5.74) is 7.64. The van der Waals surface area contributed by atoms with E-state index in [-0.39, 0.29) is 24.4 Å². The van der Waals surface area contributed by atoms with Crippen LogP contribution in [0.15, 0.2) is 28.7 Å². The van der Waals surface area contributed by atoms with Crippen LogP contribution in [-0.4, -0.2) is 29.9 Å². The van der Waals surface area contributed by atoms with E-state index in [4.69, 9.17) is 10.2 Å². The van der Waals surface area contributed by atoms with Crippen molar-refractivity contribution in [2.75, 3.05) is 13.1 Å². The van der Waals surface area contributed by atoms with Gasteiger partial charge in [-0.15, -0.1) is 12.4 Å². The maximum Gasteiger partial charge on any atom is 0.289 e. The fraction of sp³-hybridized carbons (Fsp3) is 0.438. The fourth-order valence-corrected chi connectivity index (χ4v) is 3.01. The predicted octanol–water partition coefficient (Wildman–Crippen LogP) is 2.97. The van der Waals surface area contributed by atoms with Gasteiger partial charge in [0.05, 0.1) is 0 Å². The van der Waals surface area contributed by atoms with Gasteiger partial charge in [-0.25, -0.2) is 0 Å². The Morgan fingerprint density at radius 2 is 2.19 bits per heavy atom. The molecule has 1 aromatic heterocycles. The molecular formula is C16H21ClN2O2. The zero-order valence-corrected chi connectivity index (χ0v) is 13.2. The molecule has 5 heteroatoms. The summed E-state index contributed by atoms with van der Waals surface area (Å²) in [7, 11) is 0. The van der Waals surface area contributed by atoms with Gasteiger partial charge in [-0.2, -0.15) is 0 Å². The Balaban J connectivity index is 0.00000161. The summed E-state index contributed by atoms with van der Waals surface area (Å²) in [6, 6.07) is 8.00. The molecule has 2 heterocycles. The van der Waals surface area contributed by atoms with E-state index in [1.165, 1.54) is 0 Å². The Morgan fingerprint density at radius 1 is 1.43 bits per heavy atom. The Labute approximate surface area is 130 Å². The van der Waals surface area contributed by atoms with Gasteiger partial charge < -0.3 is 15.1 Å². The summed E-state index contributed by atoms with van der Waals surface area (Å²) in [4.78, 5) is 14.4. The van der Waals surface area contributed by atoms with Crippen LogP contribution < -0.4 is 5.73 Å². The minimum Gasteiger partial charge on any atom is -0.451 e. The van der Waals surface area contributed by atoms with Gasteiger partial charge in [0.15, 0.2) is 5.76 Å². The summed E-state index contributed by atoms with van der Waals surface area (Å²) >= 11 is 0. The van der Waals surface area contributed by atoms with Gasteiger partial charge in [0.1, 0.15) is 5.58 Å². The van der Waals surface area contributed by atoms with Crippen LogP contribution in [0.25, 0.3) is 11.0 Å². The van der Waals surface area contributed by atoms with Gasteiger partial charge in [-0.1, -0.05) is 11.6 Å². The second-order valence-electron chi connectivity index (χ2n) is 5.80. The highest BCUT2D eigenvalue weighted by atomic mass is 35.5. The van der Waals surface area contributed by atoms with Crippen molar-refractivity contribution in [3.8, 4) is 0 Å². The first-order chi connectivity index (χ1) is 9.58. The zero-order chi connectivity index (χ0) is 14.3. The highest BCUT2D eigenvalue weighted by Crippen LogP contribution is 2.27. The summed E-state index contributed by atoms with van der Waals surface area (Å²) in [6.45, 7) is 5.46. The van der Waals surface area contributed by atoms with E-state index in [1.54, 1.807) is 0 Å². The van der Waals surface area contributed by atoms with Crippen LogP contribution >= 0.6 is 12.4 Å². The van der Waals surface area contributed by atoms with Gasteiger partial charge in [0.2, 0.25) is 0 Å². The summed E-state index contributed by atoms with van der Waals surface area (Å²) in [5, 5.41) is 0.982. The maximum atomic E-state index is 12.6. The number of likely N-dealkylation sites (tertiary alicyclic amines) is 1. The van der Waals surface area contributed by atoms with Crippen LogP contribution in [0.1, 0.15) is 29.5 Å². The number of aryl methyl sites for hydroxylation is 1.